The van der Waals surface area contributed by atoms with E-state index in [1.807, 2.05) is 29.9 Å². The summed E-state index contributed by atoms with van der Waals surface area (Å²) in [5.41, 5.74) is 2.14. The fourth-order valence-corrected chi connectivity index (χ4v) is 3.70. The summed E-state index contributed by atoms with van der Waals surface area (Å²) >= 11 is 0. The normalized spacial score (nSPS) is 13.4. The molecule has 2 heterocycles. The van der Waals surface area contributed by atoms with Gasteiger partial charge in [-0.25, -0.2) is 0 Å². The van der Waals surface area contributed by atoms with Gasteiger partial charge in [-0.1, -0.05) is 6.07 Å². The molecule has 0 saturated heterocycles. The number of hydrogen-bond donors (Lipinski definition) is 1. The van der Waals surface area contributed by atoms with Crippen LogP contribution in [0.2, 0.25) is 0 Å². The first-order valence-corrected chi connectivity index (χ1v) is 8.04. The lowest BCUT2D eigenvalue weighted by molar-refractivity contribution is -0.642. The quantitative estimate of drug-likeness (QED) is 0.329. The topological polar surface area (TPSA) is 51.8 Å². The number of benzene rings is 3. The molecule has 0 fully saturated rings. The fourth-order valence-electron chi connectivity index (χ4n) is 3.70. The van der Waals surface area contributed by atoms with Gasteiger partial charge in [0.05, 0.1) is 23.3 Å². The first-order chi connectivity index (χ1) is 12.2. The molecular weight excluding hydrogens is 318 g/mol. The zero-order valence-electron chi connectivity index (χ0n) is 13.9. The average molecular weight is 334 g/mol. The van der Waals surface area contributed by atoms with E-state index < -0.39 is 0 Å². The van der Waals surface area contributed by atoms with Crippen LogP contribution in [0, 0.1) is 0 Å². The van der Waals surface area contributed by atoms with Crippen molar-refractivity contribution in [3.05, 3.63) is 48.2 Å². The molecule has 5 heteroatoms. The lowest BCUT2D eigenvalue weighted by Gasteiger charge is -2.10. The molecule has 1 aliphatic heterocycles. The first-order valence-electron chi connectivity index (χ1n) is 8.04. The van der Waals surface area contributed by atoms with Crippen LogP contribution in [0.15, 0.2) is 42.6 Å². The van der Waals surface area contributed by atoms with Gasteiger partial charge in [-0.2, -0.15) is 9.45 Å². The summed E-state index contributed by atoms with van der Waals surface area (Å²) in [7, 11) is 3.54. The summed E-state index contributed by atoms with van der Waals surface area (Å²) in [5, 5.41) is 15.5. The Balaban J connectivity index is 1.95. The minimum Gasteiger partial charge on any atom is -0.504 e. The molecule has 0 radical (unpaired) electrons. The summed E-state index contributed by atoms with van der Waals surface area (Å²) < 4.78 is 7.28. The Morgan fingerprint density at radius 2 is 1.88 bits per heavy atom. The van der Waals surface area contributed by atoms with Crippen LogP contribution in [-0.2, 0) is 18.5 Å². The van der Waals surface area contributed by atoms with Gasteiger partial charge in [0, 0.05) is 10.9 Å². The second-order valence-electron chi connectivity index (χ2n) is 6.31. The van der Waals surface area contributed by atoms with Crippen molar-refractivity contribution in [2.24, 2.45) is 7.05 Å². The molecule has 1 aromatic heterocycles. The van der Waals surface area contributed by atoms with Crippen LogP contribution in [0.3, 0.4) is 0 Å². The molecule has 0 aliphatic carbocycles. The van der Waals surface area contributed by atoms with Crippen molar-refractivity contribution in [3.8, 4) is 17.2 Å². The maximum Gasteiger partial charge on any atom is 0.220 e. The van der Waals surface area contributed by atoms with Crippen molar-refractivity contribution < 1.29 is 24.2 Å². The molecule has 124 valence electrons. The number of rotatable bonds is 1. The van der Waals surface area contributed by atoms with Crippen molar-refractivity contribution in [3.63, 3.8) is 0 Å². The second kappa shape index (κ2) is 4.97. The van der Waals surface area contributed by atoms with Gasteiger partial charge in [0.15, 0.2) is 23.4 Å². The maximum atomic E-state index is 10.5. The zero-order chi connectivity index (χ0) is 17.1. The second-order valence-corrected chi connectivity index (χ2v) is 6.31. The molecule has 0 bridgehead atoms. The highest BCUT2D eigenvalue weighted by atomic mass is 17.2. The van der Waals surface area contributed by atoms with E-state index in [9.17, 15) is 5.11 Å². The van der Waals surface area contributed by atoms with Gasteiger partial charge in [0.2, 0.25) is 5.52 Å². The summed E-state index contributed by atoms with van der Waals surface area (Å²) in [5.74, 6) is 1.41. The number of fused-ring (bicyclic) bond motifs is 6. The summed E-state index contributed by atoms with van der Waals surface area (Å²) in [6.07, 6.45) is 1.94. The molecular formula is C20H16NO4+. The number of pyridine rings is 1. The lowest BCUT2D eigenvalue weighted by Crippen LogP contribution is -2.28. The molecule has 0 saturated carbocycles. The van der Waals surface area contributed by atoms with Gasteiger partial charge < -0.3 is 14.7 Å². The third-order valence-corrected chi connectivity index (χ3v) is 4.90. The smallest absolute Gasteiger partial charge is 0.220 e. The Morgan fingerprint density at radius 1 is 1.04 bits per heavy atom. The summed E-state index contributed by atoms with van der Waals surface area (Å²) in [6.45, 7) is 0.455. The van der Waals surface area contributed by atoms with Crippen LogP contribution in [-0.4, -0.2) is 12.2 Å². The minimum absolute atomic E-state index is 0.161. The van der Waals surface area contributed by atoms with Gasteiger partial charge in [0.1, 0.15) is 13.7 Å². The number of aromatic nitrogens is 1. The number of hydrogen-bond acceptors (Lipinski definition) is 4. The molecule has 1 aliphatic rings. The molecule has 5 rings (SSSR count). The highest BCUT2D eigenvalue weighted by Crippen LogP contribution is 2.39. The van der Waals surface area contributed by atoms with Gasteiger partial charge >= 0.3 is 0 Å². The van der Waals surface area contributed by atoms with Crippen LogP contribution in [0.25, 0.3) is 32.4 Å². The predicted molar refractivity (Wildman–Crippen MR) is 93.8 cm³/mol. The number of ether oxygens (including phenoxy) is 1. The third-order valence-electron chi connectivity index (χ3n) is 4.90. The van der Waals surface area contributed by atoms with Crippen molar-refractivity contribution in [1.82, 2.24) is 0 Å². The van der Waals surface area contributed by atoms with Crippen molar-refractivity contribution in [1.29, 1.82) is 0 Å². The van der Waals surface area contributed by atoms with E-state index in [4.69, 9.17) is 14.5 Å². The highest BCUT2D eigenvalue weighted by Gasteiger charge is 2.21. The van der Waals surface area contributed by atoms with Crippen molar-refractivity contribution in [2.75, 3.05) is 7.11 Å². The first kappa shape index (κ1) is 14.3. The maximum absolute atomic E-state index is 10.5. The molecule has 1 N–H and O–H groups in total. The molecule has 5 nitrogen and oxygen atoms in total. The Kier molecular flexibility index (Phi) is 2.85. The van der Waals surface area contributed by atoms with E-state index >= 15 is 0 Å². The standard InChI is InChI=1S/C20H15NO4/c1-21-9-16-13(5-6-17(23-2)20(16)22)14-4-3-11-8-18-12(10-24-25-18)7-15(11)19(14)21/h3-9H,10H2,1-2H3/p+1. The van der Waals surface area contributed by atoms with Crippen LogP contribution in [0.5, 0.6) is 17.2 Å². The van der Waals surface area contributed by atoms with Crippen molar-refractivity contribution in [2.45, 2.75) is 6.61 Å². The number of phenols is 1. The number of methoxy groups -OCH3 is 1. The fraction of sp³-hybridized carbons (Fsp3) is 0.150. The minimum atomic E-state index is 0.161. The molecule has 0 amide bonds. The number of aryl methyl sites for hydroxylation is 1. The Bertz CT molecular complexity index is 1180. The van der Waals surface area contributed by atoms with E-state index in [1.54, 1.807) is 13.2 Å². The highest BCUT2D eigenvalue weighted by molar-refractivity contribution is 6.15. The van der Waals surface area contributed by atoms with Crippen LogP contribution >= 0.6 is 0 Å². The zero-order valence-corrected chi connectivity index (χ0v) is 13.9. The molecule has 4 aromatic rings. The number of nitrogens with zero attached hydrogens (tertiary/aromatic N) is 1. The summed E-state index contributed by atoms with van der Waals surface area (Å²) in [6, 6.07) is 12.1. The van der Waals surface area contributed by atoms with Crippen LogP contribution in [0.4, 0.5) is 0 Å². The Morgan fingerprint density at radius 3 is 2.72 bits per heavy atom. The van der Waals surface area contributed by atoms with E-state index in [0.717, 1.165) is 43.8 Å². The van der Waals surface area contributed by atoms with Crippen LogP contribution < -0.4 is 14.2 Å². The molecule has 0 spiro atoms. The Labute approximate surface area is 143 Å². The van der Waals surface area contributed by atoms with E-state index in [2.05, 4.69) is 18.2 Å². The van der Waals surface area contributed by atoms with Crippen LogP contribution in [0.1, 0.15) is 5.56 Å². The molecule has 25 heavy (non-hydrogen) atoms. The van der Waals surface area contributed by atoms with E-state index in [1.165, 1.54) is 0 Å². The van der Waals surface area contributed by atoms with Gasteiger partial charge in [-0.05, 0) is 35.7 Å². The average Bonchev–Trinajstić information content (AvgIpc) is 3.07. The summed E-state index contributed by atoms with van der Waals surface area (Å²) in [4.78, 5) is 10.3. The lowest BCUT2D eigenvalue weighted by atomic mass is 9.99. The van der Waals surface area contributed by atoms with Crippen molar-refractivity contribution >= 4 is 32.4 Å². The van der Waals surface area contributed by atoms with E-state index in [-0.39, 0.29) is 5.75 Å². The SMILES string of the molecule is COc1ccc2c(c[n+](C)c3c4cc5c(cc4ccc23)OOC5)c1O. The third kappa shape index (κ3) is 1.90. The van der Waals surface area contributed by atoms with Gasteiger partial charge in [-0.3, -0.25) is 0 Å². The van der Waals surface area contributed by atoms with Gasteiger partial charge in [0.25, 0.3) is 0 Å². The molecule has 0 unspecified atom stereocenters. The Hall–Kier alpha value is -3.05. The number of phenolic OH excluding ortho intramolecular Hbond substituents is 1. The number of aromatic hydroxyl groups is 1. The molecule has 0 atom stereocenters. The van der Waals surface area contributed by atoms with E-state index in [0.29, 0.717) is 12.4 Å². The largest absolute Gasteiger partial charge is 0.504 e. The predicted octanol–water partition coefficient (Wildman–Crippen LogP) is 3.51. The monoisotopic (exact) mass is 334 g/mol. The van der Waals surface area contributed by atoms with Gasteiger partial charge in [-0.15, -0.1) is 0 Å². The molecule has 3 aromatic carbocycles.